The molecule has 2 aromatic heterocycles. The van der Waals surface area contributed by atoms with Crippen LogP contribution in [0.25, 0.3) is 11.2 Å². The molecule has 1 aliphatic rings. The maximum atomic E-state index is 12.3. The van der Waals surface area contributed by atoms with E-state index >= 15 is 0 Å². The summed E-state index contributed by atoms with van der Waals surface area (Å²) in [6, 6.07) is 0. The van der Waals surface area contributed by atoms with Gasteiger partial charge in [0.15, 0.2) is 11.4 Å². The van der Waals surface area contributed by atoms with Crippen LogP contribution in [0.1, 0.15) is 44.3 Å². The molecule has 18 heavy (non-hydrogen) atoms. The van der Waals surface area contributed by atoms with Gasteiger partial charge in [-0.1, -0.05) is 13.3 Å². The second kappa shape index (κ2) is 4.55. The second-order valence-corrected chi connectivity index (χ2v) is 4.81. The van der Waals surface area contributed by atoms with Crippen LogP contribution < -0.4 is 5.56 Å². The molecular weight excluding hydrogens is 230 g/mol. The molecule has 2 aromatic rings. The summed E-state index contributed by atoms with van der Waals surface area (Å²) < 4.78 is 7.33. The van der Waals surface area contributed by atoms with Gasteiger partial charge in [0, 0.05) is 19.4 Å². The first-order chi connectivity index (χ1) is 8.79. The summed E-state index contributed by atoms with van der Waals surface area (Å²) in [7, 11) is 0. The monoisotopic (exact) mass is 247 g/mol. The molecule has 0 unspecified atom stereocenters. The van der Waals surface area contributed by atoms with Gasteiger partial charge in [-0.15, -0.1) is 0 Å². The highest BCUT2D eigenvalue weighted by atomic mass is 16.4. The van der Waals surface area contributed by atoms with Crippen molar-refractivity contribution in [3.8, 4) is 0 Å². The Kier molecular flexibility index (Phi) is 2.89. The van der Waals surface area contributed by atoms with E-state index < -0.39 is 0 Å². The van der Waals surface area contributed by atoms with Crippen LogP contribution >= 0.6 is 0 Å². The maximum Gasteiger partial charge on any atom is 0.283 e. The van der Waals surface area contributed by atoms with E-state index in [0.717, 1.165) is 50.9 Å². The van der Waals surface area contributed by atoms with E-state index in [-0.39, 0.29) is 5.56 Å². The fourth-order valence-corrected chi connectivity index (χ4v) is 2.40. The van der Waals surface area contributed by atoms with Crippen LogP contribution in [0.15, 0.2) is 9.21 Å². The SMILES string of the molecule is CCCCc1nc2c(=O)n3c(nc2o1)CCCC3. The minimum absolute atomic E-state index is 0.0406. The molecule has 0 saturated carbocycles. The third kappa shape index (κ3) is 1.83. The van der Waals surface area contributed by atoms with E-state index in [9.17, 15) is 4.79 Å². The normalized spacial score (nSPS) is 14.9. The number of fused-ring (bicyclic) bond motifs is 2. The van der Waals surface area contributed by atoms with Gasteiger partial charge in [-0.25, -0.2) is 4.98 Å². The van der Waals surface area contributed by atoms with Gasteiger partial charge in [0.05, 0.1) is 0 Å². The Bertz CT molecular complexity index is 627. The fraction of sp³-hybridized carbons (Fsp3) is 0.615. The van der Waals surface area contributed by atoms with Crippen molar-refractivity contribution >= 4 is 11.2 Å². The minimum atomic E-state index is -0.0406. The summed E-state index contributed by atoms with van der Waals surface area (Å²) in [5, 5.41) is 0. The lowest BCUT2D eigenvalue weighted by Crippen LogP contribution is -2.28. The predicted octanol–water partition coefficient (Wildman–Crippen LogP) is 2.06. The number of oxazole rings is 1. The number of hydrogen-bond acceptors (Lipinski definition) is 4. The molecule has 1 aliphatic heterocycles. The highest BCUT2D eigenvalue weighted by Crippen LogP contribution is 2.16. The zero-order valence-electron chi connectivity index (χ0n) is 10.6. The molecule has 0 spiro atoms. The van der Waals surface area contributed by atoms with Crippen molar-refractivity contribution in [2.45, 2.75) is 52.0 Å². The van der Waals surface area contributed by atoms with Crippen molar-refractivity contribution in [2.75, 3.05) is 0 Å². The molecule has 0 fully saturated rings. The van der Waals surface area contributed by atoms with Crippen molar-refractivity contribution in [3.05, 3.63) is 22.1 Å². The molecule has 3 heterocycles. The van der Waals surface area contributed by atoms with Crippen LogP contribution in [-0.2, 0) is 19.4 Å². The zero-order valence-corrected chi connectivity index (χ0v) is 10.6. The Morgan fingerprint density at radius 1 is 1.33 bits per heavy atom. The van der Waals surface area contributed by atoms with Crippen molar-refractivity contribution in [2.24, 2.45) is 0 Å². The molecule has 0 amide bonds. The van der Waals surface area contributed by atoms with Crippen molar-refractivity contribution in [1.82, 2.24) is 14.5 Å². The fourth-order valence-electron chi connectivity index (χ4n) is 2.40. The summed E-state index contributed by atoms with van der Waals surface area (Å²) in [6.45, 7) is 2.88. The predicted molar refractivity (Wildman–Crippen MR) is 67.6 cm³/mol. The first kappa shape index (κ1) is 11.4. The van der Waals surface area contributed by atoms with Crippen LogP contribution in [0.5, 0.6) is 0 Å². The van der Waals surface area contributed by atoms with E-state index in [2.05, 4.69) is 16.9 Å². The lowest BCUT2D eigenvalue weighted by molar-refractivity contribution is 0.484. The highest BCUT2D eigenvalue weighted by Gasteiger charge is 2.18. The van der Waals surface area contributed by atoms with Gasteiger partial charge in [-0.05, 0) is 19.3 Å². The smallest absolute Gasteiger partial charge is 0.283 e. The Morgan fingerprint density at radius 3 is 3.06 bits per heavy atom. The van der Waals surface area contributed by atoms with Crippen LogP contribution in [-0.4, -0.2) is 14.5 Å². The summed E-state index contributed by atoms with van der Waals surface area (Å²) in [5.74, 6) is 1.48. The van der Waals surface area contributed by atoms with E-state index in [1.165, 1.54) is 0 Å². The minimum Gasteiger partial charge on any atom is -0.422 e. The van der Waals surface area contributed by atoms with Gasteiger partial charge in [-0.3, -0.25) is 9.36 Å². The topological polar surface area (TPSA) is 60.9 Å². The summed E-state index contributed by atoms with van der Waals surface area (Å²) in [6.07, 6.45) is 5.88. The van der Waals surface area contributed by atoms with Gasteiger partial charge in [0.2, 0.25) is 0 Å². The molecule has 0 N–H and O–H groups in total. The summed E-state index contributed by atoms with van der Waals surface area (Å²) in [5.41, 5.74) is 0.771. The first-order valence-electron chi connectivity index (χ1n) is 6.68. The number of rotatable bonds is 3. The Hall–Kier alpha value is -1.65. The van der Waals surface area contributed by atoms with Crippen LogP contribution in [0, 0.1) is 0 Å². The number of unbranched alkanes of at least 4 members (excludes halogenated alkanes) is 1. The molecule has 0 aliphatic carbocycles. The van der Waals surface area contributed by atoms with Gasteiger partial charge in [0.25, 0.3) is 11.3 Å². The van der Waals surface area contributed by atoms with Gasteiger partial charge in [-0.2, -0.15) is 4.98 Å². The number of aryl methyl sites for hydroxylation is 2. The van der Waals surface area contributed by atoms with Crippen LogP contribution in [0.4, 0.5) is 0 Å². The molecule has 5 nitrogen and oxygen atoms in total. The van der Waals surface area contributed by atoms with Crippen LogP contribution in [0.3, 0.4) is 0 Å². The lowest BCUT2D eigenvalue weighted by Gasteiger charge is -2.15. The van der Waals surface area contributed by atoms with E-state index in [0.29, 0.717) is 17.1 Å². The number of hydrogen-bond donors (Lipinski definition) is 0. The Morgan fingerprint density at radius 2 is 2.22 bits per heavy atom. The van der Waals surface area contributed by atoms with Gasteiger partial charge >= 0.3 is 0 Å². The molecule has 96 valence electrons. The second-order valence-electron chi connectivity index (χ2n) is 4.81. The quantitative estimate of drug-likeness (QED) is 0.833. The molecular formula is C13H17N3O2. The summed E-state index contributed by atoms with van der Waals surface area (Å²) in [4.78, 5) is 21.0. The first-order valence-corrected chi connectivity index (χ1v) is 6.68. The summed E-state index contributed by atoms with van der Waals surface area (Å²) >= 11 is 0. The largest absolute Gasteiger partial charge is 0.422 e. The molecule has 5 heteroatoms. The van der Waals surface area contributed by atoms with Gasteiger partial charge in [0.1, 0.15) is 5.82 Å². The third-order valence-corrected chi connectivity index (χ3v) is 3.42. The number of aromatic nitrogens is 3. The Balaban J connectivity index is 2.10. The molecule has 0 atom stereocenters. The van der Waals surface area contributed by atoms with E-state index in [4.69, 9.17) is 4.42 Å². The third-order valence-electron chi connectivity index (χ3n) is 3.42. The molecule has 0 aromatic carbocycles. The standard InChI is InChI=1S/C13H17N3O2/c1-2-3-7-10-15-11-12(18-10)14-9-6-4-5-8-16(9)13(11)17/h2-8H2,1H3. The molecule has 0 bridgehead atoms. The maximum absolute atomic E-state index is 12.3. The average molecular weight is 247 g/mol. The highest BCUT2D eigenvalue weighted by molar-refractivity contribution is 5.66. The number of nitrogens with zero attached hydrogens (tertiary/aromatic N) is 3. The molecule has 3 rings (SSSR count). The lowest BCUT2D eigenvalue weighted by atomic mass is 10.1. The van der Waals surface area contributed by atoms with Crippen molar-refractivity contribution < 1.29 is 4.42 Å². The Labute approximate surface area is 105 Å². The van der Waals surface area contributed by atoms with Gasteiger partial charge < -0.3 is 4.42 Å². The average Bonchev–Trinajstić information content (AvgIpc) is 2.80. The molecule has 0 saturated heterocycles. The van der Waals surface area contributed by atoms with Crippen molar-refractivity contribution in [1.29, 1.82) is 0 Å². The van der Waals surface area contributed by atoms with E-state index in [1.54, 1.807) is 4.57 Å². The van der Waals surface area contributed by atoms with Crippen LogP contribution in [0.2, 0.25) is 0 Å². The zero-order chi connectivity index (χ0) is 12.5. The van der Waals surface area contributed by atoms with Crippen molar-refractivity contribution in [3.63, 3.8) is 0 Å². The van der Waals surface area contributed by atoms with E-state index in [1.807, 2.05) is 0 Å². The molecule has 0 radical (unpaired) electrons.